The van der Waals surface area contributed by atoms with Crippen molar-refractivity contribution < 1.29 is 14.6 Å². The maximum Gasteiger partial charge on any atom is 0.260 e. The van der Waals surface area contributed by atoms with Crippen molar-refractivity contribution in [2.75, 3.05) is 13.2 Å². The molecular formula is C16H17Cl2N3O3. The van der Waals surface area contributed by atoms with E-state index >= 15 is 0 Å². The zero-order valence-electron chi connectivity index (χ0n) is 13.1. The van der Waals surface area contributed by atoms with Crippen LogP contribution in [-0.4, -0.2) is 38.8 Å². The Morgan fingerprint density at radius 1 is 1.42 bits per heavy atom. The lowest BCUT2D eigenvalue weighted by atomic mass is 10.1. The summed E-state index contributed by atoms with van der Waals surface area (Å²) in [6.07, 6.45) is 0.701. The van der Waals surface area contributed by atoms with E-state index in [9.17, 15) is 9.90 Å². The molecule has 2 heterocycles. The van der Waals surface area contributed by atoms with Crippen LogP contribution in [0.15, 0.2) is 18.2 Å². The molecule has 6 nitrogen and oxygen atoms in total. The molecule has 0 unspecified atom stereocenters. The van der Waals surface area contributed by atoms with E-state index in [-0.39, 0.29) is 19.1 Å². The lowest BCUT2D eigenvalue weighted by Crippen LogP contribution is -2.39. The van der Waals surface area contributed by atoms with Gasteiger partial charge in [0.2, 0.25) is 0 Å². The maximum absolute atomic E-state index is 12.4. The number of fused-ring (bicyclic) bond motifs is 1. The lowest BCUT2D eigenvalue weighted by Gasteiger charge is -2.27. The van der Waals surface area contributed by atoms with E-state index in [0.717, 1.165) is 11.3 Å². The number of nitrogens with zero attached hydrogens (tertiary/aromatic N) is 3. The molecule has 8 heteroatoms. The van der Waals surface area contributed by atoms with E-state index in [1.165, 1.54) is 0 Å². The van der Waals surface area contributed by atoms with Crippen molar-refractivity contribution in [2.45, 2.75) is 19.6 Å². The van der Waals surface area contributed by atoms with Crippen molar-refractivity contribution in [1.29, 1.82) is 0 Å². The number of hydrogen-bond donors (Lipinski definition) is 1. The Morgan fingerprint density at radius 2 is 2.21 bits per heavy atom. The summed E-state index contributed by atoms with van der Waals surface area (Å²) < 4.78 is 7.28. The first-order chi connectivity index (χ1) is 11.5. The number of carbonyl (C=O) groups excluding carboxylic acids is 1. The largest absolute Gasteiger partial charge is 0.482 e. The van der Waals surface area contributed by atoms with Gasteiger partial charge in [0.15, 0.2) is 6.61 Å². The Kier molecular flexibility index (Phi) is 4.99. The Morgan fingerprint density at radius 3 is 2.92 bits per heavy atom. The van der Waals surface area contributed by atoms with Gasteiger partial charge in [-0.25, -0.2) is 0 Å². The van der Waals surface area contributed by atoms with Crippen LogP contribution in [0.3, 0.4) is 0 Å². The molecular weight excluding hydrogens is 353 g/mol. The smallest absolute Gasteiger partial charge is 0.260 e. The average Bonchev–Trinajstić information content (AvgIpc) is 2.89. The normalized spacial score (nSPS) is 13.8. The molecule has 0 saturated carbocycles. The van der Waals surface area contributed by atoms with Crippen LogP contribution in [0.1, 0.15) is 17.0 Å². The summed E-state index contributed by atoms with van der Waals surface area (Å²) in [7, 11) is 1.85. The number of aryl methyl sites for hydroxylation is 1. The molecule has 1 aromatic heterocycles. The second-order valence-corrected chi connectivity index (χ2v) is 6.43. The predicted octanol–water partition coefficient (Wildman–Crippen LogP) is 2.18. The highest BCUT2D eigenvalue weighted by molar-refractivity contribution is 6.35. The molecule has 1 aliphatic heterocycles. The monoisotopic (exact) mass is 369 g/mol. The van der Waals surface area contributed by atoms with Crippen molar-refractivity contribution in [3.63, 3.8) is 0 Å². The number of benzene rings is 1. The number of hydrogen-bond acceptors (Lipinski definition) is 4. The SMILES string of the molecule is Cn1nc(CO)c2c1CCN(C(=O)COc1ccc(Cl)cc1Cl)C2. The summed E-state index contributed by atoms with van der Waals surface area (Å²) in [5.41, 5.74) is 2.60. The lowest BCUT2D eigenvalue weighted by molar-refractivity contribution is -0.134. The summed E-state index contributed by atoms with van der Waals surface area (Å²) in [6.45, 7) is 0.775. The van der Waals surface area contributed by atoms with E-state index in [0.29, 0.717) is 41.0 Å². The third-order valence-electron chi connectivity index (χ3n) is 4.07. The molecule has 1 amide bonds. The van der Waals surface area contributed by atoms with E-state index in [1.54, 1.807) is 27.8 Å². The van der Waals surface area contributed by atoms with Gasteiger partial charge in [0.25, 0.3) is 5.91 Å². The number of rotatable bonds is 4. The standard InChI is InChI=1S/C16H17Cl2N3O3/c1-20-14-4-5-21(7-11(14)13(8-22)19-20)16(23)9-24-15-3-2-10(17)6-12(15)18/h2-3,6,22H,4-5,7-9H2,1H3. The fourth-order valence-corrected chi connectivity index (χ4v) is 3.30. The molecule has 2 aromatic rings. The molecule has 0 saturated heterocycles. The van der Waals surface area contributed by atoms with Crippen molar-refractivity contribution in [2.24, 2.45) is 7.05 Å². The molecule has 0 radical (unpaired) electrons. The number of aliphatic hydroxyl groups is 1. The van der Waals surface area contributed by atoms with E-state index < -0.39 is 0 Å². The second kappa shape index (κ2) is 7.01. The van der Waals surface area contributed by atoms with Gasteiger partial charge >= 0.3 is 0 Å². The fourth-order valence-electron chi connectivity index (χ4n) is 2.83. The van der Waals surface area contributed by atoms with Gasteiger partial charge in [-0.05, 0) is 18.2 Å². The zero-order chi connectivity index (χ0) is 17.3. The van der Waals surface area contributed by atoms with E-state index in [2.05, 4.69) is 5.10 Å². The van der Waals surface area contributed by atoms with Gasteiger partial charge in [-0.2, -0.15) is 5.10 Å². The van der Waals surface area contributed by atoms with Crippen LogP contribution in [-0.2, 0) is 31.4 Å². The fraction of sp³-hybridized carbons (Fsp3) is 0.375. The predicted molar refractivity (Wildman–Crippen MR) is 90.2 cm³/mol. The molecule has 128 valence electrons. The number of aromatic nitrogens is 2. The third kappa shape index (κ3) is 3.36. The minimum absolute atomic E-state index is 0.106. The van der Waals surface area contributed by atoms with Crippen molar-refractivity contribution in [3.8, 4) is 5.75 Å². The van der Waals surface area contributed by atoms with E-state index in [4.69, 9.17) is 27.9 Å². The van der Waals surface area contributed by atoms with Gasteiger partial charge in [0.05, 0.1) is 17.3 Å². The van der Waals surface area contributed by atoms with Crippen LogP contribution in [0, 0.1) is 0 Å². The molecule has 24 heavy (non-hydrogen) atoms. The van der Waals surface area contributed by atoms with Crippen LogP contribution in [0.2, 0.25) is 10.0 Å². The first-order valence-electron chi connectivity index (χ1n) is 7.49. The average molecular weight is 370 g/mol. The summed E-state index contributed by atoms with van der Waals surface area (Å²) in [6, 6.07) is 4.86. The highest BCUT2D eigenvalue weighted by atomic mass is 35.5. The highest BCUT2D eigenvalue weighted by Gasteiger charge is 2.26. The summed E-state index contributed by atoms with van der Waals surface area (Å²) in [4.78, 5) is 14.1. The van der Waals surface area contributed by atoms with Crippen LogP contribution >= 0.6 is 23.2 Å². The maximum atomic E-state index is 12.4. The Balaban J connectivity index is 1.66. The molecule has 0 aliphatic carbocycles. The number of aliphatic hydroxyl groups excluding tert-OH is 1. The minimum Gasteiger partial charge on any atom is -0.482 e. The number of ether oxygens (including phenoxy) is 1. The Hall–Kier alpha value is -1.76. The van der Waals surface area contributed by atoms with E-state index in [1.807, 2.05) is 7.05 Å². The first kappa shape index (κ1) is 17.1. The summed E-state index contributed by atoms with van der Waals surface area (Å²) in [5, 5.41) is 14.6. The zero-order valence-corrected chi connectivity index (χ0v) is 14.6. The molecule has 0 fully saturated rings. The number of amides is 1. The Labute approximate surface area is 149 Å². The van der Waals surface area contributed by atoms with Crippen molar-refractivity contribution in [1.82, 2.24) is 14.7 Å². The van der Waals surface area contributed by atoms with Gasteiger partial charge in [0.1, 0.15) is 5.75 Å². The molecule has 1 aliphatic rings. The van der Waals surface area contributed by atoms with Crippen LogP contribution in [0.25, 0.3) is 0 Å². The molecule has 0 atom stereocenters. The molecule has 3 rings (SSSR count). The molecule has 0 spiro atoms. The summed E-state index contributed by atoms with van der Waals surface area (Å²) in [5.74, 6) is 0.281. The Bertz CT molecular complexity index is 776. The van der Waals surface area contributed by atoms with Crippen molar-refractivity contribution in [3.05, 3.63) is 45.2 Å². The van der Waals surface area contributed by atoms with Gasteiger partial charge in [-0.15, -0.1) is 0 Å². The topological polar surface area (TPSA) is 67.6 Å². The highest BCUT2D eigenvalue weighted by Crippen LogP contribution is 2.28. The number of carbonyl (C=O) groups is 1. The van der Waals surface area contributed by atoms with Gasteiger partial charge in [-0.3, -0.25) is 9.48 Å². The second-order valence-electron chi connectivity index (χ2n) is 5.58. The third-order valence-corrected chi connectivity index (χ3v) is 4.60. The van der Waals surface area contributed by atoms with Crippen LogP contribution < -0.4 is 4.74 Å². The van der Waals surface area contributed by atoms with Gasteiger partial charge in [-0.1, -0.05) is 23.2 Å². The van der Waals surface area contributed by atoms with Gasteiger partial charge < -0.3 is 14.7 Å². The van der Waals surface area contributed by atoms with Crippen LogP contribution in [0.4, 0.5) is 0 Å². The van der Waals surface area contributed by atoms with Crippen molar-refractivity contribution >= 4 is 29.1 Å². The quantitative estimate of drug-likeness (QED) is 0.896. The first-order valence-corrected chi connectivity index (χ1v) is 8.25. The van der Waals surface area contributed by atoms with Gasteiger partial charge in [0, 0.05) is 42.8 Å². The summed E-state index contributed by atoms with van der Waals surface area (Å²) >= 11 is 11.9. The van der Waals surface area contributed by atoms with Crippen LogP contribution in [0.5, 0.6) is 5.75 Å². The minimum atomic E-state index is -0.139. The molecule has 0 bridgehead atoms. The molecule has 1 N–H and O–H groups in total. The molecule has 1 aromatic carbocycles. The number of halogens is 2.